The molecule has 1 aromatic rings. The molecule has 2 amide bonds. The maximum absolute atomic E-state index is 11.7. The maximum atomic E-state index is 11.7. The Labute approximate surface area is 134 Å². The second-order valence-corrected chi connectivity index (χ2v) is 5.46. The normalized spacial score (nSPS) is 13.6. The lowest BCUT2D eigenvalue weighted by atomic mass is 10.1. The molecule has 0 bridgehead atoms. The molecule has 5 N–H and O–H groups in total. The Kier molecular flexibility index (Phi) is 5.16. The van der Waals surface area contributed by atoms with Gasteiger partial charge in [-0.05, 0) is 36.8 Å². The van der Waals surface area contributed by atoms with Crippen molar-refractivity contribution < 1.29 is 9.59 Å². The number of benzene rings is 1. The fourth-order valence-electron chi connectivity index (χ4n) is 2.16. The van der Waals surface area contributed by atoms with Gasteiger partial charge in [-0.15, -0.1) is 0 Å². The van der Waals surface area contributed by atoms with Crippen molar-refractivity contribution in [2.24, 2.45) is 0 Å². The third kappa shape index (κ3) is 4.08. The van der Waals surface area contributed by atoms with E-state index in [9.17, 15) is 9.59 Å². The van der Waals surface area contributed by atoms with E-state index in [0.29, 0.717) is 17.2 Å². The van der Waals surface area contributed by atoms with Gasteiger partial charge < -0.3 is 16.0 Å². The third-order valence-corrected chi connectivity index (χ3v) is 3.55. The SMILES string of the molecule is CNC(=S)NNC(=O)CC(C)Nc1ccc2c(c1)C(=O)NC2. The van der Waals surface area contributed by atoms with Crippen LogP contribution >= 0.6 is 12.2 Å². The Morgan fingerprint density at radius 1 is 1.41 bits per heavy atom. The Bertz CT molecular complexity index is 605. The van der Waals surface area contributed by atoms with E-state index in [1.165, 1.54) is 0 Å². The monoisotopic (exact) mass is 321 g/mol. The number of thiocarbonyl (C=S) groups is 1. The number of carbonyl (C=O) groups is 2. The quantitative estimate of drug-likeness (QED) is 0.403. The molecular formula is C14H19N5O2S. The Balaban J connectivity index is 1.86. The summed E-state index contributed by atoms with van der Waals surface area (Å²) in [6.45, 7) is 2.46. The summed E-state index contributed by atoms with van der Waals surface area (Å²) in [5.74, 6) is -0.245. The lowest BCUT2D eigenvalue weighted by Crippen LogP contribution is -2.46. The highest BCUT2D eigenvalue weighted by Crippen LogP contribution is 2.20. The number of anilines is 1. The first kappa shape index (κ1) is 16.0. The molecule has 118 valence electrons. The van der Waals surface area contributed by atoms with Crippen LogP contribution in [0.25, 0.3) is 0 Å². The molecule has 1 aliphatic heterocycles. The Morgan fingerprint density at radius 2 is 2.18 bits per heavy atom. The van der Waals surface area contributed by atoms with E-state index in [1.807, 2.05) is 19.1 Å². The Hall–Kier alpha value is -2.35. The highest BCUT2D eigenvalue weighted by Gasteiger charge is 2.19. The maximum Gasteiger partial charge on any atom is 0.251 e. The zero-order chi connectivity index (χ0) is 16.1. The lowest BCUT2D eigenvalue weighted by molar-refractivity contribution is -0.121. The summed E-state index contributed by atoms with van der Waals surface area (Å²) in [5.41, 5.74) is 7.57. The predicted octanol–water partition coefficient (Wildman–Crippen LogP) is 0.246. The average molecular weight is 321 g/mol. The molecule has 0 aromatic heterocycles. The summed E-state index contributed by atoms with van der Waals surface area (Å²) < 4.78 is 0. The molecule has 22 heavy (non-hydrogen) atoms. The number of rotatable bonds is 4. The summed E-state index contributed by atoms with van der Waals surface area (Å²) in [5, 5.41) is 9.02. The first-order chi connectivity index (χ1) is 10.5. The van der Waals surface area contributed by atoms with Gasteiger partial charge in [-0.2, -0.15) is 0 Å². The number of carbonyl (C=O) groups excluding carboxylic acids is 2. The second-order valence-electron chi connectivity index (χ2n) is 5.06. The molecule has 0 saturated carbocycles. The van der Waals surface area contributed by atoms with Crippen molar-refractivity contribution in [3.8, 4) is 0 Å². The molecule has 0 spiro atoms. The first-order valence-corrected chi connectivity index (χ1v) is 7.34. The van der Waals surface area contributed by atoms with Crippen LogP contribution in [0.1, 0.15) is 29.3 Å². The summed E-state index contributed by atoms with van der Waals surface area (Å²) in [4.78, 5) is 23.4. The average Bonchev–Trinajstić information content (AvgIpc) is 2.85. The van der Waals surface area contributed by atoms with Crippen molar-refractivity contribution in [2.45, 2.75) is 25.9 Å². The zero-order valence-electron chi connectivity index (χ0n) is 12.4. The number of hydrogen-bond acceptors (Lipinski definition) is 4. The van der Waals surface area contributed by atoms with Crippen LogP contribution in [0.5, 0.6) is 0 Å². The molecule has 8 heteroatoms. The van der Waals surface area contributed by atoms with E-state index in [-0.39, 0.29) is 24.3 Å². The summed E-state index contributed by atoms with van der Waals surface area (Å²) >= 11 is 4.86. The van der Waals surface area contributed by atoms with Crippen LogP contribution in [0.4, 0.5) is 5.69 Å². The lowest BCUT2D eigenvalue weighted by Gasteiger charge is -2.16. The van der Waals surface area contributed by atoms with E-state index >= 15 is 0 Å². The number of hydrazine groups is 1. The minimum Gasteiger partial charge on any atom is -0.382 e. The van der Waals surface area contributed by atoms with Crippen LogP contribution < -0.4 is 26.8 Å². The van der Waals surface area contributed by atoms with E-state index < -0.39 is 0 Å². The van der Waals surface area contributed by atoms with Crippen LogP contribution in [0.2, 0.25) is 0 Å². The highest BCUT2D eigenvalue weighted by atomic mass is 32.1. The molecule has 1 aromatic carbocycles. The van der Waals surface area contributed by atoms with Gasteiger partial charge in [0.05, 0.1) is 0 Å². The van der Waals surface area contributed by atoms with Gasteiger partial charge in [0, 0.05) is 37.3 Å². The van der Waals surface area contributed by atoms with Gasteiger partial charge in [-0.3, -0.25) is 20.4 Å². The molecule has 1 atom stereocenters. The van der Waals surface area contributed by atoms with E-state index in [2.05, 4.69) is 26.8 Å². The third-order valence-electron chi connectivity index (χ3n) is 3.24. The van der Waals surface area contributed by atoms with Gasteiger partial charge in [0.1, 0.15) is 0 Å². The highest BCUT2D eigenvalue weighted by molar-refractivity contribution is 7.80. The molecule has 1 unspecified atom stereocenters. The number of nitrogens with one attached hydrogen (secondary N) is 5. The van der Waals surface area contributed by atoms with Gasteiger partial charge in [0.15, 0.2) is 5.11 Å². The van der Waals surface area contributed by atoms with Crippen LogP contribution in [0.15, 0.2) is 18.2 Å². The van der Waals surface area contributed by atoms with Crippen molar-refractivity contribution in [3.63, 3.8) is 0 Å². The molecule has 0 fully saturated rings. The smallest absolute Gasteiger partial charge is 0.251 e. The molecule has 1 aliphatic rings. The van der Waals surface area contributed by atoms with E-state index in [4.69, 9.17) is 12.2 Å². The summed E-state index contributed by atoms with van der Waals surface area (Å²) in [6.07, 6.45) is 0.266. The Morgan fingerprint density at radius 3 is 2.91 bits per heavy atom. The van der Waals surface area contributed by atoms with Crippen LogP contribution in [0, 0.1) is 0 Å². The predicted molar refractivity (Wildman–Crippen MR) is 88.3 cm³/mol. The standard InChI is InChI=1S/C14H19N5O2S/c1-8(5-12(20)18-19-14(22)15-2)17-10-4-3-9-7-16-13(21)11(9)6-10/h3-4,6,8,17H,5,7H2,1-2H3,(H,16,21)(H,18,20)(H2,15,19,22). The van der Waals surface area contributed by atoms with Gasteiger partial charge in [0.25, 0.3) is 5.91 Å². The first-order valence-electron chi connectivity index (χ1n) is 6.94. The summed E-state index contributed by atoms with van der Waals surface area (Å²) in [6, 6.07) is 5.53. The van der Waals surface area contributed by atoms with Gasteiger partial charge >= 0.3 is 0 Å². The minimum atomic E-state index is -0.184. The fraction of sp³-hybridized carbons (Fsp3) is 0.357. The molecule has 1 heterocycles. The summed E-state index contributed by atoms with van der Waals surface area (Å²) in [7, 11) is 1.66. The molecular weight excluding hydrogens is 302 g/mol. The molecule has 0 aliphatic carbocycles. The molecule has 0 saturated heterocycles. The van der Waals surface area contributed by atoms with E-state index in [1.54, 1.807) is 13.1 Å². The van der Waals surface area contributed by atoms with Crippen molar-refractivity contribution in [3.05, 3.63) is 29.3 Å². The minimum absolute atomic E-state index is 0.0613. The van der Waals surface area contributed by atoms with Crippen LogP contribution in [-0.2, 0) is 11.3 Å². The fourth-order valence-corrected chi connectivity index (χ4v) is 2.21. The topological polar surface area (TPSA) is 94.3 Å². The van der Waals surface area contributed by atoms with Gasteiger partial charge in [-0.1, -0.05) is 6.07 Å². The van der Waals surface area contributed by atoms with E-state index in [0.717, 1.165) is 11.3 Å². The van der Waals surface area contributed by atoms with Crippen LogP contribution in [-0.4, -0.2) is 30.0 Å². The zero-order valence-corrected chi connectivity index (χ0v) is 13.3. The molecule has 2 rings (SSSR count). The van der Waals surface area contributed by atoms with Crippen molar-refractivity contribution >= 4 is 34.8 Å². The van der Waals surface area contributed by atoms with Crippen molar-refractivity contribution in [2.75, 3.05) is 12.4 Å². The van der Waals surface area contributed by atoms with Crippen molar-refractivity contribution in [1.82, 2.24) is 21.5 Å². The molecule has 0 radical (unpaired) electrons. The number of fused-ring (bicyclic) bond motifs is 1. The van der Waals surface area contributed by atoms with Gasteiger partial charge in [0.2, 0.25) is 5.91 Å². The number of hydrogen-bond donors (Lipinski definition) is 5. The van der Waals surface area contributed by atoms with Crippen LogP contribution in [0.3, 0.4) is 0 Å². The van der Waals surface area contributed by atoms with Gasteiger partial charge in [-0.25, -0.2) is 0 Å². The molecule has 7 nitrogen and oxygen atoms in total. The van der Waals surface area contributed by atoms with Crippen molar-refractivity contribution in [1.29, 1.82) is 0 Å². The largest absolute Gasteiger partial charge is 0.382 e. The second kappa shape index (κ2) is 7.08. The number of amides is 2.